The average molecular weight is 384 g/mol. The number of carbonyl (C=O) groups is 3. The molecule has 0 saturated carbocycles. The highest BCUT2D eigenvalue weighted by Gasteiger charge is 2.21. The molecule has 0 aliphatic rings. The first-order chi connectivity index (χ1) is 13.2. The van der Waals surface area contributed by atoms with Crippen molar-refractivity contribution in [1.82, 2.24) is 0 Å². The zero-order chi connectivity index (χ0) is 20.8. The van der Waals surface area contributed by atoms with Crippen LogP contribution in [0.2, 0.25) is 0 Å². The molecule has 1 atom stereocenters. The third-order valence-electron chi connectivity index (χ3n) is 3.93. The smallest absolute Gasteiger partial charge is 0.338 e. The van der Waals surface area contributed by atoms with E-state index in [-0.39, 0.29) is 23.1 Å². The van der Waals surface area contributed by atoms with Crippen molar-refractivity contribution in [3.63, 3.8) is 0 Å². The number of hydrogen-bond donors (Lipinski definition) is 1. The van der Waals surface area contributed by atoms with E-state index < -0.39 is 22.8 Å². The van der Waals surface area contributed by atoms with Crippen molar-refractivity contribution < 1.29 is 24.0 Å². The fraction of sp³-hybridized carbons (Fsp3) is 0.250. The van der Waals surface area contributed by atoms with Crippen molar-refractivity contribution in [3.05, 3.63) is 69.8 Å². The predicted molar refractivity (Wildman–Crippen MR) is 102 cm³/mol. The fourth-order valence-electron chi connectivity index (χ4n) is 2.24. The molecule has 2 aromatic carbocycles. The second kappa shape index (κ2) is 8.90. The lowest BCUT2D eigenvalue weighted by atomic mass is 10.1. The van der Waals surface area contributed by atoms with Gasteiger partial charge in [0.25, 0.3) is 5.69 Å². The Morgan fingerprint density at radius 3 is 1.96 bits per heavy atom. The number of nitrogens with one attached hydrogen (secondary N) is 1. The van der Waals surface area contributed by atoms with Gasteiger partial charge in [0.05, 0.1) is 10.5 Å². The number of benzene rings is 2. The van der Waals surface area contributed by atoms with Gasteiger partial charge in [0.1, 0.15) is 0 Å². The van der Waals surface area contributed by atoms with E-state index in [2.05, 4.69) is 5.32 Å². The number of non-ortho nitro benzene ring substituents is 1. The standard InChI is InChI=1S/C20H20N2O6/c1-12(2)19(24)21-16-8-4-14(5-9-16)18(23)13(3)28-20(25)15-6-10-17(11-7-15)22(26)27/h4-13H,1-3H3,(H,21,24)/t13-/m1/s1. The molecule has 28 heavy (non-hydrogen) atoms. The maximum Gasteiger partial charge on any atom is 0.338 e. The zero-order valence-corrected chi connectivity index (χ0v) is 15.7. The van der Waals surface area contributed by atoms with Crippen LogP contribution in [-0.2, 0) is 9.53 Å². The number of nitrogens with zero attached hydrogens (tertiary/aromatic N) is 1. The number of nitro benzene ring substituents is 1. The Bertz CT molecular complexity index is 888. The number of Topliss-reactive ketones (excluding diaryl/α,β-unsaturated/α-hetero) is 1. The number of anilines is 1. The molecule has 0 aliphatic carbocycles. The van der Waals surface area contributed by atoms with E-state index in [1.807, 2.05) is 0 Å². The monoisotopic (exact) mass is 384 g/mol. The lowest BCUT2D eigenvalue weighted by Gasteiger charge is -2.13. The molecule has 0 heterocycles. The molecule has 0 saturated heterocycles. The van der Waals surface area contributed by atoms with E-state index in [4.69, 9.17) is 4.74 Å². The summed E-state index contributed by atoms with van der Waals surface area (Å²) in [6.45, 7) is 4.99. The van der Waals surface area contributed by atoms with E-state index in [0.717, 1.165) is 0 Å². The number of hydrogen-bond acceptors (Lipinski definition) is 6. The minimum atomic E-state index is -1.04. The molecule has 8 heteroatoms. The van der Waals surface area contributed by atoms with Gasteiger partial charge in [0, 0.05) is 29.3 Å². The number of carbonyl (C=O) groups excluding carboxylic acids is 3. The molecule has 0 fully saturated rings. The molecule has 0 aliphatic heterocycles. The molecular weight excluding hydrogens is 364 g/mol. The van der Waals surface area contributed by atoms with Crippen LogP contribution in [0.3, 0.4) is 0 Å². The van der Waals surface area contributed by atoms with Crippen LogP contribution in [0.5, 0.6) is 0 Å². The molecule has 0 bridgehead atoms. The van der Waals surface area contributed by atoms with Crippen molar-refractivity contribution in [2.75, 3.05) is 5.32 Å². The molecule has 0 aromatic heterocycles. The minimum Gasteiger partial charge on any atom is -0.451 e. The molecule has 0 radical (unpaired) electrons. The number of esters is 1. The predicted octanol–water partition coefficient (Wildman–Crippen LogP) is 3.62. The summed E-state index contributed by atoms with van der Waals surface area (Å²) in [6, 6.07) is 11.2. The van der Waals surface area contributed by atoms with E-state index in [1.54, 1.807) is 26.0 Å². The summed E-state index contributed by atoms with van der Waals surface area (Å²) in [7, 11) is 0. The van der Waals surface area contributed by atoms with Gasteiger partial charge in [-0.3, -0.25) is 19.7 Å². The van der Waals surface area contributed by atoms with Crippen molar-refractivity contribution in [1.29, 1.82) is 0 Å². The summed E-state index contributed by atoms with van der Waals surface area (Å²) in [5.41, 5.74) is 0.847. The van der Waals surface area contributed by atoms with Gasteiger partial charge < -0.3 is 10.1 Å². The Morgan fingerprint density at radius 1 is 0.929 bits per heavy atom. The molecule has 1 amide bonds. The molecule has 8 nitrogen and oxygen atoms in total. The molecule has 2 rings (SSSR count). The maximum atomic E-state index is 12.4. The first-order valence-electron chi connectivity index (χ1n) is 8.59. The van der Waals surface area contributed by atoms with Gasteiger partial charge in [-0.1, -0.05) is 13.8 Å². The summed E-state index contributed by atoms with van der Waals surface area (Å²) >= 11 is 0. The SMILES string of the molecule is CC(C)C(=O)Nc1ccc(C(=O)[C@@H](C)OC(=O)c2ccc([N+](=O)[O-])cc2)cc1. The van der Waals surface area contributed by atoms with Crippen LogP contribution >= 0.6 is 0 Å². The Kier molecular flexibility index (Phi) is 6.59. The lowest BCUT2D eigenvalue weighted by Crippen LogP contribution is -2.24. The van der Waals surface area contributed by atoms with Crippen LogP contribution in [-0.4, -0.2) is 28.7 Å². The van der Waals surface area contributed by atoms with Crippen LogP contribution in [0.1, 0.15) is 41.5 Å². The number of nitro groups is 1. The Balaban J connectivity index is 2.00. The third-order valence-corrected chi connectivity index (χ3v) is 3.93. The van der Waals surface area contributed by atoms with Crippen LogP contribution < -0.4 is 5.32 Å². The van der Waals surface area contributed by atoms with Gasteiger partial charge in [-0.2, -0.15) is 0 Å². The summed E-state index contributed by atoms with van der Waals surface area (Å²) < 4.78 is 5.15. The molecule has 0 spiro atoms. The maximum absolute atomic E-state index is 12.4. The number of ketones is 1. The fourth-order valence-corrected chi connectivity index (χ4v) is 2.24. The van der Waals surface area contributed by atoms with Gasteiger partial charge in [0.2, 0.25) is 11.7 Å². The highest BCUT2D eigenvalue weighted by molar-refractivity contribution is 6.02. The Labute approximate surface area is 161 Å². The first kappa shape index (κ1) is 20.8. The molecule has 1 N–H and O–H groups in total. The molecule has 146 valence electrons. The van der Waals surface area contributed by atoms with Gasteiger partial charge in [-0.15, -0.1) is 0 Å². The molecule has 0 unspecified atom stereocenters. The molecule has 2 aromatic rings. The summed E-state index contributed by atoms with van der Waals surface area (Å²) in [5.74, 6) is -1.46. The third kappa shape index (κ3) is 5.23. The lowest BCUT2D eigenvalue weighted by molar-refractivity contribution is -0.384. The second-order valence-corrected chi connectivity index (χ2v) is 6.44. The van der Waals surface area contributed by atoms with E-state index in [9.17, 15) is 24.5 Å². The minimum absolute atomic E-state index is 0.108. The topological polar surface area (TPSA) is 116 Å². The quantitative estimate of drug-likeness (QED) is 0.337. The van der Waals surface area contributed by atoms with Crippen LogP contribution in [0, 0.1) is 16.0 Å². The highest BCUT2D eigenvalue weighted by Crippen LogP contribution is 2.16. The second-order valence-electron chi connectivity index (χ2n) is 6.44. The Morgan fingerprint density at radius 2 is 1.46 bits per heavy atom. The Hall–Kier alpha value is -3.55. The average Bonchev–Trinajstić information content (AvgIpc) is 2.67. The molecular formula is C20H20N2O6. The first-order valence-corrected chi connectivity index (χ1v) is 8.59. The van der Waals surface area contributed by atoms with Crippen molar-refractivity contribution in [2.45, 2.75) is 26.9 Å². The number of rotatable bonds is 7. The zero-order valence-electron chi connectivity index (χ0n) is 15.7. The van der Waals surface area contributed by atoms with Gasteiger partial charge in [0.15, 0.2) is 6.10 Å². The summed E-state index contributed by atoms with van der Waals surface area (Å²) in [5, 5.41) is 13.4. The van der Waals surface area contributed by atoms with Crippen molar-refractivity contribution in [3.8, 4) is 0 Å². The van der Waals surface area contributed by atoms with Crippen LogP contribution in [0.25, 0.3) is 0 Å². The van der Waals surface area contributed by atoms with Crippen molar-refractivity contribution in [2.24, 2.45) is 5.92 Å². The van der Waals surface area contributed by atoms with Gasteiger partial charge >= 0.3 is 5.97 Å². The van der Waals surface area contributed by atoms with E-state index in [0.29, 0.717) is 11.3 Å². The highest BCUT2D eigenvalue weighted by atomic mass is 16.6. The number of ether oxygens (including phenoxy) is 1. The summed E-state index contributed by atoms with van der Waals surface area (Å²) in [6.07, 6.45) is -1.04. The number of amides is 1. The largest absolute Gasteiger partial charge is 0.451 e. The normalized spacial score (nSPS) is 11.6. The van der Waals surface area contributed by atoms with Crippen molar-refractivity contribution >= 4 is 29.0 Å². The van der Waals surface area contributed by atoms with E-state index in [1.165, 1.54) is 43.3 Å². The van der Waals surface area contributed by atoms with Gasteiger partial charge in [-0.25, -0.2) is 4.79 Å². The van der Waals surface area contributed by atoms with E-state index >= 15 is 0 Å². The van der Waals surface area contributed by atoms with Gasteiger partial charge in [-0.05, 0) is 43.3 Å². The van der Waals surface area contributed by atoms with Crippen LogP contribution in [0.15, 0.2) is 48.5 Å². The summed E-state index contributed by atoms with van der Waals surface area (Å²) in [4.78, 5) is 46.3. The van der Waals surface area contributed by atoms with Crippen LogP contribution in [0.4, 0.5) is 11.4 Å².